The quantitative estimate of drug-likeness (QED) is 0.434. The van der Waals surface area contributed by atoms with E-state index >= 15 is 0 Å². The minimum Gasteiger partial charge on any atom is -0.486 e. The zero-order valence-electron chi connectivity index (χ0n) is 15.9. The summed E-state index contributed by atoms with van der Waals surface area (Å²) in [5.74, 6) is 0.730. The van der Waals surface area contributed by atoms with Crippen LogP contribution in [-0.2, 0) is 4.84 Å². The van der Waals surface area contributed by atoms with Crippen LogP contribution in [-0.4, -0.2) is 35.3 Å². The molecular formula is C20H24ClN3O4. The van der Waals surface area contributed by atoms with Gasteiger partial charge in [-0.2, -0.15) is 0 Å². The molecule has 0 radical (unpaired) electrons. The lowest BCUT2D eigenvalue weighted by Gasteiger charge is -2.19. The summed E-state index contributed by atoms with van der Waals surface area (Å²) in [7, 11) is 0. The number of carbonyl (C=O) groups excluding carboxylic acids is 1. The number of pyridine rings is 1. The Morgan fingerprint density at radius 2 is 2.14 bits per heavy atom. The van der Waals surface area contributed by atoms with Crippen molar-refractivity contribution in [3.8, 4) is 5.75 Å². The number of hydrogen-bond donors (Lipinski definition) is 3. The number of carbonyl (C=O) groups is 1. The highest BCUT2D eigenvalue weighted by Crippen LogP contribution is 2.43. The van der Waals surface area contributed by atoms with E-state index in [4.69, 9.17) is 21.2 Å². The van der Waals surface area contributed by atoms with Crippen LogP contribution in [0.1, 0.15) is 48.5 Å². The molecule has 7 nitrogen and oxygen atoms in total. The van der Waals surface area contributed by atoms with Gasteiger partial charge in [0.25, 0.3) is 5.91 Å². The molecule has 3 rings (SSSR count). The fourth-order valence-electron chi connectivity index (χ4n) is 2.72. The predicted molar refractivity (Wildman–Crippen MR) is 107 cm³/mol. The first-order valence-electron chi connectivity index (χ1n) is 9.28. The topological polar surface area (TPSA) is 92.7 Å². The standard InChI is InChI=1S/C20H24ClN3O4/c1-3-27-24-20(26)15-10-22-19(21)9-17(15)23-16-7-6-14(13-4-5-13)8-18(16)28-12(2)11-25/h6-10,12-13,25H,3-5,11H2,1-2H3,(H,22,23)(H,24,26). The first kappa shape index (κ1) is 20.4. The molecule has 8 heteroatoms. The van der Waals surface area contributed by atoms with Gasteiger partial charge < -0.3 is 15.2 Å². The summed E-state index contributed by atoms with van der Waals surface area (Å²) in [6.45, 7) is 3.80. The summed E-state index contributed by atoms with van der Waals surface area (Å²) in [6, 6.07) is 7.50. The molecule has 2 aromatic rings. The van der Waals surface area contributed by atoms with Crippen LogP contribution in [0, 0.1) is 0 Å². The van der Waals surface area contributed by atoms with Crippen molar-refractivity contribution in [2.45, 2.75) is 38.7 Å². The van der Waals surface area contributed by atoms with Crippen LogP contribution >= 0.6 is 11.6 Å². The number of rotatable bonds is 9. The lowest BCUT2D eigenvalue weighted by atomic mass is 10.1. The number of amides is 1. The van der Waals surface area contributed by atoms with Gasteiger partial charge >= 0.3 is 0 Å². The van der Waals surface area contributed by atoms with Gasteiger partial charge in [-0.05, 0) is 56.4 Å². The number of aromatic nitrogens is 1. The largest absolute Gasteiger partial charge is 0.486 e. The Morgan fingerprint density at radius 1 is 1.36 bits per heavy atom. The number of benzene rings is 1. The summed E-state index contributed by atoms with van der Waals surface area (Å²) in [5, 5.41) is 12.8. The number of ether oxygens (including phenoxy) is 1. The van der Waals surface area contributed by atoms with Gasteiger partial charge in [-0.25, -0.2) is 10.5 Å². The molecule has 0 aliphatic heterocycles. The lowest BCUT2D eigenvalue weighted by Crippen LogP contribution is -2.24. The van der Waals surface area contributed by atoms with Crippen molar-refractivity contribution < 1.29 is 19.5 Å². The van der Waals surface area contributed by atoms with Crippen LogP contribution in [0.2, 0.25) is 5.15 Å². The zero-order chi connectivity index (χ0) is 20.1. The average molecular weight is 406 g/mol. The smallest absolute Gasteiger partial charge is 0.278 e. The molecule has 0 saturated heterocycles. The number of nitrogens with one attached hydrogen (secondary N) is 2. The number of aliphatic hydroxyl groups is 1. The summed E-state index contributed by atoms with van der Waals surface area (Å²) in [4.78, 5) is 21.3. The fraction of sp³-hybridized carbons (Fsp3) is 0.400. The maximum atomic E-state index is 12.4. The van der Waals surface area contributed by atoms with E-state index in [0.717, 1.165) is 0 Å². The molecule has 1 aliphatic carbocycles. The van der Waals surface area contributed by atoms with Crippen molar-refractivity contribution in [3.63, 3.8) is 0 Å². The number of anilines is 2. The minimum absolute atomic E-state index is 0.101. The van der Waals surface area contributed by atoms with E-state index in [2.05, 4.69) is 15.8 Å². The Balaban J connectivity index is 1.91. The van der Waals surface area contributed by atoms with Crippen LogP contribution in [0.5, 0.6) is 5.75 Å². The summed E-state index contributed by atoms with van der Waals surface area (Å²) >= 11 is 6.04. The van der Waals surface area contributed by atoms with Crippen molar-refractivity contribution >= 4 is 28.9 Å². The molecule has 28 heavy (non-hydrogen) atoms. The van der Waals surface area contributed by atoms with Gasteiger partial charge in [0.2, 0.25) is 0 Å². The van der Waals surface area contributed by atoms with Gasteiger partial charge in [0.05, 0.1) is 30.2 Å². The van der Waals surface area contributed by atoms with Gasteiger partial charge in [0.15, 0.2) is 0 Å². The maximum absolute atomic E-state index is 12.4. The monoisotopic (exact) mass is 405 g/mol. The van der Waals surface area contributed by atoms with Gasteiger partial charge in [-0.1, -0.05) is 17.7 Å². The van der Waals surface area contributed by atoms with E-state index in [1.807, 2.05) is 18.2 Å². The molecule has 1 unspecified atom stereocenters. The number of aliphatic hydroxyl groups excluding tert-OH is 1. The van der Waals surface area contributed by atoms with Crippen LogP contribution in [0.3, 0.4) is 0 Å². The second-order valence-corrected chi connectivity index (χ2v) is 7.07. The Kier molecular flexibility index (Phi) is 6.72. The molecule has 1 aromatic carbocycles. The van der Waals surface area contributed by atoms with Crippen LogP contribution in [0.4, 0.5) is 11.4 Å². The highest BCUT2D eigenvalue weighted by molar-refractivity contribution is 6.29. The van der Waals surface area contributed by atoms with Gasteiger partial charge in [0.1, 0.15) is 17.0 Å². The molecule has 0 bridgehead atoms. The molecule has 1 saturated carbocycles. The summed E-state index contributed by atoms with van der Waals surface area (Å²) in [5.41, 5.74) is 4.98. The number of hydroxylamine groups is 1. The van der Waals surface area contributed by atoms with Crippen LogP contribution < -0.4 is 15.5 Å². The summed E-state index contributed by atoms with van der Waals surface area (Å²) < 4.78 is 5.89. The molecule has 1 atom stereocenters. The van der Waals surface area contributed by atoms with E-state index in [-0.39, 0.29) is 23.4 Å². The number of nitrogens with zero attached hydrogens (tertiary/aromatic N) is 1. The minimum atomic E-state index is -0.436. The first-order valence-corrected chi connectivity index (χ1v) is 9.65. The molecule has 1 aliphatic rings. The highest BCUT2D eigenvalue weighted by atomic mass is 35.5. The molecule has 0 spiro atoms. The molecule has 3 N–H and O–H groups in total. The van der Waals surface area contributed by atoms with E-state index in [1.54, 1.807) is 19.9 Å². The van der Waals surface area contributed by atoms with E-state index in [0.29, 0.717) is 29.6 Å². The molecule has 1 heterocycles. The van der Waals surface area contributed by atoms with Gasteiger partial charge in [-0.15, -0.1) is 0 Å². The number of halogens is 1. The molecule has 1 amide bonds. The Labute approximate surface area is 169 Å². The van der Waals surface area contributed by atoms with Crippen LogP contribution in [0.15, 0.2) is 30.5 Å². The molecular weight excluding hydrogens is 382 g/mol. The Morgan fingerprint density at radius 3 is 2.82 bits per heavy atom. The fourth-order valence-corrected chi connectivity index (χ4v) is 2.87. The number of hydrogen-bond acceptors (Lipinski definition) is 6. The van der Waals surface area contributed by atoms with Crippen molar-refractivity contribution in [1.82, 2.24) is 10.5 Å². The Bertz CT molecular complexity index is 842. The summed E-state index contributed by atoms with van der Waals surface area (Å²) in [6.07, 6.45) is 3.36. The predicted octanol–water partition coefficient (Wildman–Crippen LogP) is 3.80. The van der Waals surface area contributed by atoms with E-state index in [9.17, 15) is 9.90 Å². The second-order valence-electron chi connectivity index (χ2n) is 6.68. The van der Waals surface area contributed by atoms with Crippen molar-refractivity contribution in [2.24, 2.45) is 0 Å². The maximum Gasteiger partial charge on any atom is 0.278 e. The third-order valence-corrected chi connectivity index (χ3v) is 4.54. The molecule has 1 fully saturated rings. The Hall–Kier alpha value is -2.35. The molecule has 1 aromatic heterocycles. The van der Waals surface area contributed by atoms with Gasteiger partial charge in [-0.3, -0.25) is 9.63 Å². The highest BCUT2D eigenvalue weighted by Gasteiger charge is 2.25. The third kappa shape index (κ3) is 5.13. The van der Waals surface area contributed by atoms with E-state index < -0.39 is 5.91 Å². The average Bonchev–Trinajstić information content (AvgIpc) is 3.52. The second kappa shape index (κ2) is 9.23. The van der Waals surface area contributed by atoms with Crippen molar-refractivity contribution in [3.05, 3.63) is 46.7 Å². The van der Waals surface area contributed by atoms with Crippen LogP contribution in [0.25, 0.3) is 0 Å². The zero-order valence-corrected chi connectivity index (χ0v) is 16.6. The molecule has 150 valence electrons. The third-order valence-electron chi connectivity index (χ3n) is 4.33. The first-order chi connectivity index (χ1) is 13.5. The van der Waals surface area contributed by atoms with Crippen molar-refractivity contribution in [1.29, 1.82) is 0 Å². The van der Waals surface area contributed by atoms with E-state index in [1.165, 1.54) is 24.6 Å². The lowest BCUT2D eigenvalue weighted by molar-refractivity contribution is 0.0365. The van der Waals surface area contributed by atoms with Crippen molar-refractivity contribution in [2.75, 3.05) is 18.5 Å². The SMILES string of the molecule is CCONC(=O)c1cnc(Cl)cc1Nc1ccc(C2CC2)cc1OC(C)CO. The normalized spacial score (nSPS) is 14.4. The van der Waals surface area contributed by atoms with Gasteiger partial charge in [0, 0.05) is 6.20 Å².